The van der Waals surface area contributed by atoms with E-state index in [0.29, 0.717) is 11.3 Å². The van der Waals surface area contributed by atoms with E-state index in [4.69, 9.17) is 22.1 Å². The van der Waals surface area contributed by atoms with Crippen molar-refractivity contribution in [2.45, 2.75) is 44.9 Å². The fraction of sp³-hybridized carbons (Fsp3) is 0.361. The number of anilines is 3. The SMILES string of the molecule is C=CC(=O)Nc1cccc(C(=O)N2CCN(c3nc(OCC4CCCN4C)nc4c(F)c(-c5nc(N)cc(C)c5C(F)(F)F)c(Cl)cc34)C(C)C2)c1. The largest absolute Gasteiger partial charge is 0.462 e. The van der Waals surface area contributed by atoms with E-state index in [1.165, 1.54) is 13.0 Å². The Labute approximate surface area is 302 Å². The number of likely N-dealkylation sites (N-methyl/N-ethyl adjacent to an activating group) is 1. The number of aryl methyl sites for hydroxylation is 1. The third-order valence-electron chi connectivity index (χ3n) is 9.42. The van der Waals surface area contributed by atoms with Crippen LogP contribution < -0.4 is 20.7 Å². The highest BCUT2D eigenvalue weighted by Gasteiger charge is 2.39. The van der Waals surface area contributed by atoms with Gasteiger partial charge in [0.05, 0.1) is 21.8 Å². The molecule has 4 aromatic rings. The van der Waals surface area contributed by atoms with Crippen molar-refractivity contribution >= 4 is 51.6 Å². The molecule has 0 radical (unpaired) electrons. The van der Waals surface area contributed by atoms with Crippen molar-refractivity contribution in [3.8, 4) is 17.3 Å². The second-order valence-corrected chi connectivity index (χ2v) is 13.4. The molecule has 16 heteroatoms. The predicted octanol–water partition coefficient (Wildman–Crippen LogP) is 6.34. The molecule has 0 spiro atoms. The number of nitrogens with one attached hydrogen (secondary N) is 1. The number of pyridine rings is 1. The number of carbonyl (C=O) groups is 2. The van der Waals surface area contributed by atoms with Gasteiger partial charge in [-0.15, -0.1) is 0 Å². The summed E-state index contributed by atoms with van der Waals surface area (Å²) >= 11 is 6.62. The number of fused-ring (bicyclic) bond motifs is 1. The molecule has 2 fully saturated rings. The first-order valence-corrected chi connectivity index (χ1v) is 17.0. The molecule has 2 aliphatic rings. The number of likely N-dealkylation sites (tertiary alicyclic amines) is 1. The number of carbonyl (C=O) groups excluding carboxylic acids is 2. The number of alkyl halides is 3. The molecule has 52 heavy (non-hydrogen) atoms. The number of nitrogens with two attached hydrogens (primary N) is 1. The van der Waals surface area contributed by atoms with Gasteiger partial charge in [-0.3, -0.25) is 9.59 Å². The fourth-order valence-corrected chi connectivity index (χ4v) is 7.10. The molecule has 3 N–H and O–H groups in total. The Morgan fingerprint density at radius 1 is 1.15 bits per heavy atom. The zero-order valence-corrected chi connectivity index (χ0v) is 29.5. The minimum atomic E-state index is -4.89. The second kappa shape index (κ2) is 14.5. The molecule has 2 aromatic carbocycles. The van der Waals surface area contributed by atoms with E-state index in [1.807, 2.05) is 18.9 Å². The van der Waals surface area contributed by atoms with Crippen LogP contribution in [-0.4, -0.2) is 88.5 Å². The van der Waals surface area contributed by atoms with Gasteiger partial charge in [0.25, 0.3) is 5.91 Å². The molecule has 0 bridgehead atoms. The fourth-order valence-electron chi connectivity index (χ4n) is 6.82. The summed E-state index contributed by atoms with van der Waals surface area (Å²) in [7, 11) is 1.97. The van der Waals surface area contributed by atoms with Crippen LogP contribution in [0.5, 0.6) is 6.01 Å². The van der Waals surface area contributed by atoms with E-state index in [2.05, 4.69) is 31.7 Å². The van der Waals surface area contributed by atoms with Crippen molar-refractivity contribution in [3.05, 3.63) is 76.6 Å². The Hall–Kier alpha value is -5.02. The van der Waals surface area contributed by atoms with Crippen LogP contribution in [0.3, 0.4) is 0 Å². The summed E-state index contributed by atoms with van der Waals surface area (Å²) in [6.07, 6.45) is -1.91. The minimum absolute atomic E-state index is 0.0688. The number of nitrogen functional groups attached to an aromatic ring is 1. The molecule has 2 amide bonds. The Kier molecular flexibility index (Phi) is 10.3. The Morgan fingerprint density at radius 3 is 2.60 bits per heavy atom. The second-order valence-electron chi connectivity index (χ2n) is 13.0. The van der Waals surface area contributed by atoms with Gasteiger partial charge in [-0.1, -0.05) is 24.2 Å². The zero-order chi connectivity index (χ0) is 37.5. The number of aromatic nitrogens is 3. The molecule has 2 aromatic heterocycles. The van der Waals surface area contributed by atoms with Gasteiger partial charge < -0.3 is 30.5 Å². The normalized spacial score (nSPS) is 18.2. The van der Waals surface area contributed by atoms with Crippen LogP contribution in [-0.2, 0) is 11.0 Å². The van der Waals surface area contributed by atoms with Crippen molar-refractivity contribution in [3.63, 3.8) is 0 Å². The van der Waals surface area contributed by atoms with Gasteiger partial charge in [-0.25, -0.2) is 9.37 Å². The number of rotatable bonds is 8. The van der Waals surface area contributed by atoms with E-state index >= 15 is 4.39 Å². The number of benzene rings is 2. The standard InChI is InChI=1S/C36H37ClF4N8O3/c1-5-27(50)43-22-9-6-8-21(15-22)34(51)48-12-13-49(20(3)17-48)33-24-16-25(37)28(32-29(36(39,40)41)19(2)14-26(42)44-32)30(38)31(24)45-35(46-33)52-18-23-10-7-11-47(23)4/h5-6,8-9,14-16,20,23H,1,7,10-13,17-18H2,2-4H3,(H2,42,44)(H,43,50). The number of nitrogens with zero attached hydrogens (tertiary/aromatic N) is 6. The van der Waals surface area contributed by atoms with Crippen molar-refractivity contribution in [2.24, 2.45) is 0 Å². The van der Waals surface area contributed by atoms with Crippen molar-refractivity contribution in [1.82, 2.24) is 24.8 Å². The average Bonchev–Trinajstić information content (AvgIpc) is 3.50. The summed E-state index contributed by atoms with van der Waals surface area (Å²) < 4.78 is 65.8. The lowest BCUT2D eigenvalue weighted by Gasteiger charge is -2.41. The Morgan fingerprint density at radius 2 is 1.92 bits per heavy atom. The average molecular weight is 741 g/mol. The summed E-state index contributed by atoms with van der Waals surface area (Å²) in [6, 6.07) is 8.47. The quantitative estimate of drug-likeness (QED) is 0.157. The van der Waals surface area contributed by atoms with Gasteiger partial charge in [0, 0.05) is 48.4 Å². The Balaban J connectivity index is 1.39. The lowest BCUT2D eigenvalue weighted by molar-refractivity contribution is -0.137. The van der Waals surface area contributed by atoms with Crippen LogP contribution in [0.2, 0.25) is 5.02 Å². The van der Waals surface area contributed by atoms with E-state index < -0.39 is 34.7 Å². The summed E-state index contributed by atoms with van der Waals surface area (Å²) in [5.74, 6) is -1.80. The van der Waals surface area contributed by atoms with Gasteiger partial charge in [0.2, 0.25) is 5.91 Å². The highest BCUT2D eigenvalue weighted by molar-refractivity contribution is 6.34. The summed E-state index contributed by atoms with van der Waals surface area (Å²) in [4.78, 5) is 44.0. The monoisotopic (exact) mass is 740 g/mol. The molecule has 2 saturated heterocycles. The van der Waals surface area contributed by atoms with Crippen molar-refractivity contribution in [2.75, 3.05) is 55.8 Å². The molecule has 4 heterocycles. The highest BCUT2D eigenvalue weighted by atomic mass is 35.5. The third kappa shape index (κ3) is 7.33. The Bertz CT molecular complexity index is 2060. The molecular formula is C36H37ClF4N8O3. The predicted molar refractivity (Wildman–Crippen MR) is 191 cm³/mol. The van der Waals surface area contributed by atoms with Crippen LogP contribution in [0.15, 0.2) is 49.1 Å². The van der Waals surface area contributed by atoms with Gasteiger partial charge in [0.15, 0.2) is 5.82 Å². The van der Waals surface area contributed by atoms with Crippen molar-refractivity contribution < 1.29 is 31.9 Å². The number of hydrogen-bond donors (Lipinski definition) is 2. The number of piperazine rings is 1. The van der Waals surface area contributed by atoms with E-state index in [9.17, 15) is 22.8 Å². The maximum Gasteiger partial charge on any atom is 0.418 e. The molecule has 0 saturated carbocycles. The molecule has 2 unspecified atom stereocenters. The number of ether oxygens (including phenoxy) is 1. The van der Waals surface area contributed by atoms with Crippen LogP contribution in [0.25, 0.3) is 22.2 Å². The number of amides is 2. The molecule has 11 nitrogen and oxygen atoms in total. The molecule has 2 aliphatic heterocycles. The van der Waals surface area contributed by atoms with E-state index in [1.54, 1.807) is 29.2 Å². The molecular weight excluding hydrogens is 704 g/mol. The van der Waals surface area contributed by atoms with E-state index in [0.717, 1.165) is 31.5 Å². The van der Waals surface area contributed by atoms with Gasteiger partial charge in [-0.2, -0.15) is 23.1 Å². The summed E-state index contributed by atoms with van der Waals surface area (Å²) in [6.45, 7) is 8.36. The minimum Gasteiger partial charge on any atom is -0.462 e. The molecule has 274 valence electrons. The first-order valence-electron chi connectivity index (χ1n) is 16.6. The zero-order valence-electron chi connectivity index (χ0n) is 28.7. The van der Waals surface area contributed by atoms with Gasteiger partial charge in [0.1, 0.15) is 23.8 Å². The van der Waals surface area contributed by atoms with Crippen LogP contribution >= 0.6 is 11.6 Å². The van der Waals surface area contributed by atoms with Crippen LogP contribution in [0.1, 0.15) is 41.3 Å². The molecule has 0 aliphatic carbocycles. The summed E-state index contributed by atoms with van der Waals surface area (Å²) in [5.41, 5.74) is 3.59. The first kappa shape index (κ1) is 36.8. The first-order chi connectivity index (χ1) is 24.7. The van der Waals surface area contributed by atoms with Gasteiger partial charge in [-0.05, 0) is 82.3 Å². The molecule has 6 rings (SSSR count). The molecule has 2 atom stereocenters. The van der Waals surface area contributed by atoms with Crippen LogP contribution in [0, 0.1) is 12.7 Å². The third-order valence-corrected chi connectivity index (χ3v) is 9.72. The number of halogens is 5. The summed E-state index contributed by atoms with van der Waals surface area (Å²) in [5, 5.41) is 2.45. The maximum absolute atomic E-state index is 16.8. The lowest BCUT2D eigenvalue weighted by Crippen LogP contribution is -2.54. The lowest BCUT2D eigenvalue weighted by atomic mass is 9.98. The van der Waals surface area contributed by atoms with Crippen LogP contribution in [0.4, 0.5) is 34.9 Å². The van der Waals surface area contributed by atoms with Crippen molar-refractivity contribution in [1.29, 1.82) is 0 Å². The smallest absolute Gasteiger partial charge is 0.418 e. The van der Waals surface area contributed by atoms with Gasteiger partial charge >= 0.3 is 12.2 Å². The number of hydrogen-bond acceptors (Lipinski definition) is 9. The topological polar surface area (TPSA) is 130 Å². The highest BCUT2D eigenvalue weighted by Crippen LogP contribution is 2.45. The van der Waals surface area contributed by atoms with E-state index in [-0.39, 0.29) is 83.4 Å². The maximum atomic E-state index is 16.8.